The smallest absolute Gasteiger partial charge is 0.220 e. The number of hydrogen-bond donors (Lipinski definition) is 1. The maximum atomic E-state index is 11.9. The molecular weight excluding hydrogens is 292 g/mol. The van der Waals surface area contributed by atoms with Crippen molar-refractivity contribution >= 4 is 17.0 Å². The number of benzene rings is 2. The Labute approximate surface area is 134 Å². The molecule has 0 saturated carbocycles. The molecule has 0 aliphatic rings. The molecule has 23 heavy (non-hydrogen) atoms. The first kappa shape index (κ1) is 15.1. The fraction of sp³-hybridized carbons (Fsp3) is 0.222. The summed E-state index contributed by atoms with van der Waals surface area (Å²) in [5.41, 5.74) is 2.60. The lowest BCUT2D eigenvalue weighted by Crippen LogP contribution is -2.23. The number of para-hydroxylation sites is 2. The van der Waals surface area contributed by atoms with Crippen molar-refractivity contribution in [3.8, 4) is 5.75 Å². The Morgan fingerprint density at radius 3 is 2.91 bits per heavy atom. The quantitative estimate of drug-likeness (QED) is 0.760. The standard InChI is InChI=1S/C18H18N2O3/c1-22-14-6-4-5-13(11-14)9-10-17(21)19-12-18-20-15-7-2-3-8-16(15)23-18/h2-8,11H,9-10,12H2,1H3,(H,19,21). The summed E-state index contributed by atoms with van der Waals surface area (Å²) >= 11 is 0. The number of amides is 1. The van der Waals surface area contributed by atoms with E-state index in [2.05, 4.69) is 10.3 Å². The molecule has 1 aromatic heterocycles. The van der Waals surface area contributed by atoms with Crippen LogP contribution in [0.2, 0.25) is 0 Å². The number of carbonyl (C=O) groups excluding carboxylic acids is 1. The van der Waals surface area contributed by atoms with Crippen LogP contribution in [0.15, 0.2) is 52.9 Å². The fourth-order valence-electron chi connectivity index (χ4n) is 2.34. The predicted octanol–water partition coefficient (Wildman–Crippen LogP) is 3.09. The average molecular weight is 310 g/mol. The topological polar surface area (TPSA) is 64.4 Å². The largest absolute Gasteiger partial charge is 0.497 e. The Balaban J connectivity index is 1.51. The van der Waals surface area contributed by atoms with Crippen LogP contribution >= 0.6 is 0 Å². The van der Waals surface area contributed by atoms with Crippen LogP contribution in [0.1, 0.15) is 17.9 Å². The van der Waals surface area contributed by atoms with Crippen molar-refractivity contribution in [2.75, 3.05) is 7.11 Å². The van der Waals surface area contributed by atoms with Crippen molar-refractivity contribution in [3.63, 3.8) is 0 Å². The summed E-state index contributed by atoms with van der Waals surface area (Å²) in [5, 5.41) is 2.83. The van der Waals surface area contributed by atoms with E-state index in [9.17, 15) is 4.79 Å². The van der Waals surface area contributed by atoms with Gasteiger partial charge in [-0.05, 0) is 36.2 Å². The lowest BCUT2D eigenvalue weighted by atomic mass is 10.1. The molecule has 0 atom stereocenters. The van der Waals surface area contributed by atoms with Crippen molar-refractivity contribution < 1.29 is 13.9 Å². The number of rotatable bonds is 6. The van der Waals surface area contributed by atoms with Gasteiger partial charge < -0.3 is 14.5 Å². The Morgan fingerprint density at radius 1 is 1.22 bits per heavy atom. The third-order valence-corrected chi connectivity index (χ3v) is 3.55. The maximum absolute atomic E-state index is 11.9. The molecule has 5 heteroatoms. The van der Waals surface area contributed by atoms with Crippen LogP contribution in [0.3, 0.4) is 0 Å². The zero-order chi connectivity index (χ0) is 16.1. The molecule has 1 amide bonds. The third-order valence-electron chi connectivity index (χ3n) is 3.55. The second-order valence-corrected chi connectivity index (χ2v) is 5.20. The summed E-state index contributed by atoms with van der Waals surface area (Å²) < 4.78 is 10.7. The summed E-state index contributed by atoms with van der Waals surface area (Å²) in [4.78, 5) is 16.3. The minimum atomic E-state index is -0.0323. The summed E-state index contributed by atoms with van der Waals surface area (Å²) in [7, 11) is 1.63. The molecule has 1 N–H and O–H groups in total. The van der Waals surface area contributed by atoms with Gasteiger partial charge in [0.25, 0.3) is 0 Å². The lowest BCUT2D eigenvalue weighted by molar-refractivity contribution is -0.121. The number of fused-ring (bicyclic) bond motifs is 1. The Hall–Kier alpha value is -2.82. The SMILES string of the molecule is COc1cccc(CCC(=O)NCc2nc3ccccc3o2)c1. The number of carbonyl (C=O) groups is 1. The molecule has 1 heterocycles. The Kier molecular flexibility index (Phi) is 4.57. The highest BCUT2D eigenvalue weighted by molar-refractivity contribution is 5.76. The highest BCUT2D eigenvalue weighted by Gasteiger charge is 2.07. The Morgan fingerprint density at radius 2 is 2.09 bits per heavy atom. The first-order valence-electron chi connectivity index (χ1n) is 7.48. The summed E-state index contributed by atoms with van der Waals surface area (Å²) in [6.45, 7) is 0.297. The average Bonchev–Trinajstić information content (AvgIpc) is 3.01. The third kappa shape index (κ3) is 3.88. The second kappa shape index (κ2) is 6.96. The molecule has 0 saturated heterocycles. The monoisotopic (exact) mass is 310 g/mol. The van der Waals surface area contributed by atoms with Crippen LogP contribution in [0.5, 0.6) is 5.75 Å². The van der Waals surface area contributed by atoms with Crippen molar-refractivity contribution in [1.29, 1.82) is 0 Å². The van der Waals surface area contributed by atoms with Gasteiger partial charge in [0, 0.05) is 6.42 Å². The second-order valence-electron chi connectivity index (χ2n) is 5.20. The van der Waals surface area contributed by atoms with E-state index in [1.807, 2.05) is 48.5 Å². The minimum Gasteiger partial charge on any atom is -0.497 e. The van der Waals surface area contributed by atoms with Crippen molar-refractivity contribution in [2.24, 2.45) is 0 Å². The normalized spacial score (nSPS) is 10.7. The van der Waals surface area contributed by atoms with Crippen LogP contribution in [-0.4, -0.2) is 18.0 Å². The van der Waals surface area contributed by atoms with Gasteiger partial charge >= 0.3 is 0 Å². The van der Waals surface area contributed by atoms with E-state index >= 15 is 0 Å². The number of aryl methyl sites for hydroxylation is 1. The predicted molar refractivity (Wildman–Crippen MR) is 87.2 cm³/mol. The van der Waals surface area contributed by atoms with Crippen molar-refractivity contribution in [2.45, 2.75) is 19.4 Å². The summed E-state index contributed by atoms with van der Waals surface area (Å²) in [6, 6.07) is 15.3. The molecular formula is C18H18N2O3. The first-order chi connectivity index (χ1) is 11.2. The lowest BCUT2D eigenvalue weighted by Gasteiger charge is -2.05. The number of aromatic nitrogens is 1. The van der Waals surface area contributed by atoms with Crippen LogP contribution < -0.4 is 10.1 Å². The van der Waals surface area contributed by atoms with Gasteiger partial charge in [-0.25, -0.2) is 4.98 Å². The van der Waals surface area contributed by atoms with E-state index in [4.69, 9.17) is 9.15 Å². The van der Waals surface area contributed by atoms with Gasteiger partial charge in [0.1, 0.15) is 11.3 Å². The maximum Gasteiger partial charge on any atom is 0.220 e. The molecule has 0 aliphatic heterocycles. The number of nitrogens with zero attached hydrogens (tertiary/aromatic N) is 1. The fourth-order valence-corrected chi connectivity index (χ4v) is 2.34. The molecule has 0 aliphatic carbocycles. The van der Waals surface area contributed by atoms with Crippen LogP contribution in [0, 0.1) is 0 Å². The first-order valence-corrected chi connectivity index (χ1v) is 7.48. The molecule has 3 rings (SSSR count). The zero-order valence-electron chi connectivity index (χ0n) is 12.9. The molecule has 0 bridgehead atoms. The van der Waals surface area contributed by atoms with Gasteiger partial charge in [-0.2, -0.15) is 0 Å². The summed E-state index contributed by atoms with van der Waals surface area (Å²) in [5.74, 6) is 1.28. The van der Waals surface area contributed by atoms with Gasteiger partial charge in [-0.3, -0.25) is 4.79 Å². The van der Waals surface area contributed by atoms with Gasteiger partial charge in [0.05, 0.1) is 13.7 Å². The van der Waals surface area contributed by atoms with E-state index in [1.54, 1.807) is 7.11 Å². The number of methoxy groups -OCH3 is 1. The van der Waals surface area contributed by atoms with E-state index in [1.165, 1.54) is 0 Å². The van der Waals surface area contributed by atoms with Crippen molar-refractivity contribution in [3.05, 3.63) is 60.0 Å². The number of hydrogen-bond acceptors (Lipinski definition) is 4. The van der Waals surface area contributed by atoms with Crippen LogP contribution in [0.25, 0.3) is 11.1 Å². The molecule has 0 spiro atoms. The van der Waals surface area contributed by atoms with Crippen LogP contribution in [0.4, 0.5) is 0 Å². The molecule has 0 unspecified atom stereocenters. The minimum absolute atomic E-state index is 0.0323. The highest BCUT2D eigenvalue weighted by Crippen LogP contribution is 2.15. The zero-order valence-corrected chi connectivity index (χ0v) is 12.9. The molecule has 3 aromatic rings. The number of oxazole rings is 1. The number of nitrogens with one attached hydrogen (secondary N) is 1. The van der Waals surface area contributed by atoms with Gasteiger partial charge in [-0.15, -0.1) is 0 Å². The molecule has 0 fully saturated rings. The van der Waals surface area contributed by atoms with Crippen molar-refractivity contribution in [1.82, 2.24) is 10.3 Å². The highest BCUT2D eigenvalue weighted by atomic mass is 16.5. The molecule has 2 aromatic carbocycles. The summed E-state index contributed by atoms with van der Waals surface area (Å²) in [6.07, 6.45) is 1.07. The molecule has 5 nitrogen and oxygen atoms in total. The number of ether oxygens (including phenoxy) is 1. The van der Waals surface area contributed by atoms with Gasteiger partial charge in [0.15, 0.2) is 5.58 Å². The van der Waals surface area contributed by atoms with E-state index in [-0.39, 0.29) is 5.91 Å². The molecule has 118 valence electrons. The van der Waals surface area contributed by atoms with Crippen LogP contribution in [-0.2, 0) is 17.8 Å². The van der Waals surface area contributed by atoms with E-state index < -0.39 is 0 Å². The van der Waals surface area contributed by atoms with Gasteiger partial charge in [0.2, 0.25) is 11.8 Å². The Bertz CT molecular complexity index is 778. The van der Waals surface area contributed by atoms with E-state index in [0.717, 1.165) is 22.4 Å². The van der Waals surface area contributed by atoms with E-state index in [0.29, 0.717) is 25.3 Å². The molecule has 0 radical (unpaired) electrons. The van der Waals surface area contributed by atoms with Gasteiger partial charge in [-0.1, -0.05) is 24.3 Å².